The number of aromatic nitrogens is 2. The van der Waals surface area contributed by atoms with Crippen LogP contribution in [0.4, 0.5) is 0 Å². The summed E-state index contributed by atoms with van der Waals surface area (Å²) in [6.07, 6.45) is 5.61. The second-order valence-electron chi connectivity index (χ2n) is 6.57. The van der Waals surface area contributed by atoms with Crippen LogP contribution in [0.2, 0.25) is 0 Å². The second-order valence-corrected chi connectivity index (χ2v) is 6.57. The van der Waals surface area contributed by atoms with Crippen molar-refractivity contribution in [1.82, 2.24) is 25.7 Å². The van der Waals surface area contributed by atoms with Gasteiger partial charge in [0, 0.05) is 42.6 Å². The van der Waals surface area contributed by atoms with Crippen LogP contribution in [0.3, 0.4) is 0 Å². The molecular formula is C19H23N5O. The minimum atomic E-state index is -0.206. The van der Waals surface area contributed by atoms with Crippen molar-refractivity contribution in [2.75, 3.05) is 6.54 Å². The minimum Gasteiger partial charge on any atom is -0.361 e. The average molecular weight is 337 g/mol. The number of hydrazine groups is 1. The smallest absolute Gasteiger partial charge is 0.238 e. The first-order chi connectivity index (χ1) is 12.2. The van der Waals surface area contributed by atoms with Gasteiger partial charge in [-0.25, -0.2) is 10.9 Å². The maximum atomic E-state index is 12.4. The van der Waals surface area contributed by atoms with E-state index >= 15 is 0 Å². The molecule has 0 saturated carbocycles. The molecule has 3 aromatic rings. The van der Waals surface area contributed by atoms with Gasteiger partial charge in [-0.2, -0.15) is 0 Å². The summed E-state index contributed by atoms with van der Waals surface area (Å²) in [5.74, 6) is 0.0454. The largest absolute Gasteiger partial charge is 0.361 e. The summed E-state index contributed by atoms with van der Waals surface area (Å²) < 4.78 is 2.08. The molecule has 0 radical (unpaired) electrons. The lowest BCUT2D eigenvalue weighted by Crippen LogP contribution is -2.43. The predicted molar refractivity (Wildman–Crippen MR) is 97.8 cm³/mol. The zero-order valence-electron chi connectivity index (χ0n) is 14.3. The fourth-order valence-corrected chi connectivity index (χ4v) is 3.54. The maximum absolute atomic E-state index is 12.4. The Bertz CT molecular complexity index is 881. The molecule has 0 spiro atoms. The Balaban J connectivity index is 1.30. The Morgan fingerprint density at radius 3 is 2.96 bits per heavy atom. The Labute approximate surface area is 146 Å². The summed E-state index contributed by atoms with van der Waals surface area (Å²) in [4.78, 5) is 15.7. The number of amides is 1. The van der Waals surface area contributed by atoms with E-state index in [1.54, 1.807) is 0 Å². The van der Waals surface area contributed by atoms with E-state index in [1.165, 1.54) is 16.6 Å². The fourth-order valence-electron chi connectivity index (χ4n) is 3.54. The van der Waals surface area contributed by atoms with Crippen molar-refractivity contribution in [1.29, 1.82) is 0 Å². The van der Waals surface area contributed by atoms with Crippen molar-refractivity contribution in [3.8, 4) is 0 Å². The van der Waals surface area contributed by atoms with Crippen molar-refractivity contribution >= 4 is 16.8 Å². The average Bonchev–Trinajstić information content (AvgIpc) is 3.34. The summed E-state index contributed by atoms with van der Waals surface area (Å²) in [7, 11) is 2.02. The van der Waals surface area contributed by atoms with Crippen molar-refractivity contribution in [2.24, 2.45) is 7.05 Å². The number of carbonyl (C=O) groups is 1. The number of hydrogen-bond acceptors (Lipinski definition) is 3. The van der Waals surface area contributed by atoms with Gasteiger partial charge >= 0.3 is 0 Å². The molecule has 1 aliphatic rings. The van der Waals surface area contributed by atoms with E-state index in [0.29, 0.717) is 6.54 Å². The van der Waals surface area contributed by atoms with Crippen molar-refractivity contribution < 1.29 is 4.79 Å². The first-order valence-corrected chi connectivity index (χ1v) is 8.67. The van der Waals surface area contributed by atoms with E-state index in [-0.39, 0.29) is 18.0 Å². The molecule has 25 heavy (non-hydrogen) atoms. The number of para-hydroxylation sites is 1. The van der Waals surface area contributed by atoms with Crippen LogP contribution in [0.5, 0.6) is 0 Å². The molecule has 4 N–H and O–H groups in total. The molecule has 4 rings (SSSR count). The number of aromatic amines is 1. The number of H-pyrrole nitrogens is 1. The Hall–Kier alpha value is -2.57. The van der Waals surface area contributed by atoms with Gasteiger partial charge in [0.25, 0.3) is 0 Å². The molecule has 1 amide bonds. The third-order valence-electron chi connectivity index (χ3n) is 4.93. The number of nitrogens with zero attached hydrogens (tertiary/aromatic N) is 1. The molecule has 2 unspecified atom stereocenters. The molecule has 1 aliphatic heterocycles. The van der Waals surface area contributed by atoms with E-state index < -0.39 is 0 Å². The molecule has 3 heterocycles. The van der Waals surface area contributed by atoms with E-state index in [1.807, 2.05) is 37.6 Å². The van der Waals surface area contributed by atoms with Gasteiger partial charge in [0.05, 0.1) is 6.04 Å². The molecule has 0 bridgehead atoms. The maximum Gasteiger partial charge on any atom is 0.238 e. The molecule has 2 atom stereocenters. The van der Waals surface area contributed by atoms with E-state index in [2.05, 4.69) is 43.9 Å². The number of aryl methyl sites for hydroxylation is 1. The van der Waals surface area contributed by atoms with Crippen LogP contribution in [0.1, 0.15) is 23.7 Å². The number of nitrogens with one attached hydrogen (secondary N) is 4. The van der Waals surface area contributed by atoms with Gasteiger partial charge in [-0.3, -0.25) is 4.79 Å². The Kier molecular flexibility index (Phi) is 4.29. The second kappa shape index (κ2) is 6.74. The molecule has 6 heteroatoms. The van der Waals surface area contributed by atoms with Crippen LogP contribution >= 0.6 is 0 Å². The van der Waals surface area contributed by atoms with Gasteiger partial charge in [0.15, 0.2) is 0 Å². The molecule has 1 saturated heterocycles. The number of hydrogen-bond donors (Lipinski definition) is 4. The number of rotatable bonds is 5. The third kappa shape index (κ3) is 3.18. The zero-order valence-corrected chi connectivity index (χ0v) is 14.3. The molecule has 0 aliphatic carbocycles. The number of carbonyl (C=O) groups excluding carboxylic acids is 1. The van der Waals surface area contributed by atoms with Gasteiger partial charge < -0.3 is 14.9 Å². The first kappa shape index (κ1) is 15.9. The Morgan fingerprint density at radius 2 is 2.12 bits per heavy atom. The molecule has 1 aromatic carbocycles. The lowest BCUT2D eigenvalue weighted by Gasteiger charge is -2.11. The standard InChI is InChI=1S/C19H23N5O/c1-24-10-4-7-18(24)16-11-17(23-22-16)19(25)20-9-8-13-12-21-15-6-3-2-5-14(13)15/h2-7,10,12,16-17,21-23H,8-9,11H2,1H3,(H,20,25). The van der Waals surface area contributed by atoms with Crippen LogP contribution in [0.15, 0.2) is 48.8 Å². The highest BCUT2D eigenvalue weighted by Gasteiger charge is 2.30. The summed E-state index contributed by atoms with van der Waals surface area (Å²) in [5.41, 5.74) is 9.88. The van der Waals surface area contributed by atoms with Gasteiger partial charge in [0.1, 0.15) is 6.04 Å². The van der Waals surface area contributed by atoms with Gasteiger partial charge in [-0.15, -0.1) is 0 Å². The van der Waals surface area contributed by atoms with Crippen molar-refractivity contribution in [3.05, 3.63) is 60.0 Å². The van der Waals surface area contributed by atoms with Gasteiger partial charge in [-0.05, 0) is 36.6 Å². The molecular weight excluding hydrogens is 314 g/mol. The number of fused-ring (bicyclic) bond motifs is 1. The summed E-state index contributed by atoms with van der Waals surface area (Å²) in [6, 6.07) is 12.3. The van der Waals surface area contributed by atoms with Crippen LogP contribution in [-0.2, 0) is 18.3 Å². The SMILES string of the molecule is Cn1cccc1C1CC(C(=O)NCCc2c[nH]c3ccccc23)NN1. The van der Waals surface area contributed by atoms with E-state index in [0.717, 1.165) is 18.4 Å². The van der Waals surface area contributed by atoms with E-state index in [4.69, 9.17) is 0 Å². The third-order valence-corrected chi connectivity index (χ3v) is 4.93. The summed E-state index contributed by atoms with van der Waals surface area (Å²) >= 11 is 0. The van der Waals surface area contributed by atoms with E-state index in [9.17, 15) is 4.79 Å². The highest BCUT2D eigenvalue weighted by Crippen LogP contribution is 2.22. The van der Waals surface area contributed by atoms with Crippen LogP contribution < -0.4 is 16.2 Å². The fraction of sp³-hybridized carbons (Fsp3) is 0.316. The van der Waals surface area contributed by atoms with Crippen molar-refractivity contribution in [3.63, 3.8) is 0 Å². The van der Waals surface area contributed by atoms with Gasteiger partial charge in [-0.1, -0.05) is 18.2 Å². The lowest BCUT2D eigenvalue weighted by atomic mass is 10.1. The molecule has 130 valence electrons. The molecule has 1 fully saturated rings. The van der Waals surface area contributed by atoms with Crippen LogP contribution in [0.25, 0.3) is 10.9 Å². The number of benzene rings is 1. The normalized spacial score (nSPS) is 20.2. The molecule has 2 aromatic heterocycles. The predicted octanol–water partition coefficient (Wildman–Crippen LogP) is 1.77. The molecule has 6 nitrogen and oxygen atoms in total. The lowest BCUT2D eigenvalue weighted by molar-refractivity contribution is -0.122. The highest BCUT2D eigenvalue weighted by molar-refractivity contribution is 5.84. The van der Waals surface area contributed by atoms with Crippen molar-refractivity contribution in [2.45, 2.75) is 24.9 Å². The zero-order chi connectivity index (χ0) is 17.2. The monoisotopic (exact) mass is 337 g/mol. The van der Waals surface area contributed by atoms with Crippen LogP contribution in [0, 0.1) is 0 Å². The summed E-state index contributed by atoms with van der Waals surface area (Å²) in [6.45, 7) is 0.633. The minimum absolute atomic E-state index is 0.0454. The first-order valence-electron chi connectivity index (χ1n) is 8.67. The quantitative estimate of drug-likeness (QED) is 0.573. The van der Waals surface area contributed by atoms with Crippen LogP contribution in [-0.4, -0.2) is 28.0 Å². The van der Waals surface area contributed by atoms with Gasteiger partial charge in [0.2, 0.25) is 5.91 Å². The topological polar surface area (TPSA) is 73.9 Å². The highest BCUT2D eigenvalue weighted by atomic mass is 16.2. The Morgan fingerprint density at radius 1 is 1.24 bits per heavy atom. The summed E-state index contributed by atoms with van der Waals surface area (Å²) in [5, 5.41) is 4.27.